The van der Waals surface area contributed by atoms with E-state index < -0.39 is 0 Å². The number of furan rings is 1. The molecule has 9 aromatic carbocycles. The van der Waals surface area contributed by atoms with Crippen LogP contribution in [0.5, 0.6) is 0 Å². The molecule has 13 aromatic rings. The molecule has 0 saturated carbocycles. The Bertz CT molecular complexity index is 3940. The molecule has 0 N–H and O–H groups in total. The molecule has 0 radical (unpaired) electrons. The first kappa shape index (κ1) is 42.5. The van der Waals surface area contributed by atoms with Crippen molar-refractivity contribution < 1.29 is 4.42 Å². The normalized spacial score (nSPS) is 11.4. The van der Waals surface area contributed by atoms with Gasteiger partial charge in [0.1, 0.15) is 11.2 Å². The van der Waals surface area contributed by atoms with E-state index in [1.165, 1.54) is 0 Å². The van der Waals surface area contributed by atoms with Crippen LogP contribution in [-0.2, 0) is 0 Å². The summed E-state index contributed by atoms with van der Waals surface area (Å²) in [6.07, 6.45) is 9.49. The molecule has 0 amide bonds. The third-order valence-electron chi connectivity index (χ3n) is 13.7. The van der Waals surface area contributed by atoms with E-state index in [1.807, 2.05) is 52.2 Å². The smallest absolute Gasteiger partial charge is 0.136 e. The van der Waals surface area contributed by atoms with Crippen LogP contribution in [0, 0.1) is 6.92 Å². The molecule has 0 fully saturated rings. The Balaban J connectivity index is 1.00. The van der Waals surface area contributed by atoms with E-state index in [0.29, 0.717) is 0 Å². The SMILES string of the molecule is Cc1ccc(-c2ccc(-c3ccccc3-c3cc(-c4ccccc4-c4ccc(-n5cccn5)cc4)cc(-c4ccccc4-c4ccc(-n5cccn5)cc4)c3)c(-c3ccc4c(c3)oc3ccccc34)c2)nc1. The van der Waals surface area contributed by atoms with Crippen LogP contribution < -0.4 is 0 Å². The summed E-state index contributed by atoms with van der Waals surface area (Å²) in [6.45, 7) is 2.07. The zero-order chi connectivity index (χ0) is 48.0. The van der Waals surface area contributed by atoms with E-state index in [0.717, 1.165) is 128 Å². The van der Waals surface area contributed by atoms with Gasteiger partial charge in [-0.2, -0.15) is 10.2 Å². The number of benzene rings is 9. The molecule has 13 rings (SSSR count). The highest BCUT2D eigenvalue weighted by Crippen LogP contribution is 2.45. The second-order valence-corrected chi connectivity index (χ2v) is 18.2. The van der Waals surface area contributed by atoms with Crippen molar-refractivity contribution in [1.82, 2.24) is 24.5 Å². The van der Waals surface area contributed by atoms with Crippen LogP contribution in [0.4, 0.5) is 0 Å². The summed E-state index contributed by atoms with van der Waals surface area (Å²) in [5, 5.41) is 11.2. The van der Waals surface area contributed by atoms with E-state index in [2.05, 4.69) is 217 Å². The first-order chi connectivity index (χ1) is 35.6. The summed E-state index contributed by atoms with van der Waals surface area (Å²) >= 11 is 0. The van der Waals surface area contributed by atoms with Gasteiger partial charge in [-0.15, -0.1) is 0 Å². The van der Waals surface area contributed by atoms with E-state index in [-0.39, 0.29) is 0 Å². The fourth-order valence-electron chi connectivity index (χ4n) is 10.2. The Labute approximate surface area is 417 Å². The van der Waals surface area contributed by atoms with Gasteiger partial charge in [0.05, 0.1) is 17.1 Å². The van der Waals surface area contributed by atoms with Crippen LogP contribution in [0.2, 0.25) is 0 Å². The molecule has 0 atom stereocenters. The Hall–Kier alpha value is -9.65. The number of nitrogens with zero attached hydrogens (tertiary/aromatic N) is 5. The topological polar surface area (TPSA) is 61.7 Å². The summed E-state index contributed by atoms with van der Waals surface area (Å²) in [5.41, 5.74) is 22.5. The van der Waals surface area contributed by atoms with Gasteiger partial charge >= 0.3 is 0 Å². The van der Waals surface area contributed by atoms with Gasteiger partial charge in [-0.1, -0.05) is 140 Å². The highest BCUT2D eigenvalue weighted by Gasteiger charge is 2.20. The number of hydrogen-bond donors (Lipinski definition) is 0. The van der Waals surface area contributed by atoms with Gasteiger partial charge in [0.15, 0.2) is 0 Å². The van der Waals surface area contributed by atoms with Gasteiger partial charge < -0.3 is 4.42 Å². The molecule has 0 unspecified atom stereocenters. The molecular weight excluding hydrogens is 879 g/mol. The summed E-state index contributed by atoms with van der Waals surface area (Å²) < 4.78 is 10.3. The number of rotatable bonds is 10. The van der Waals surface area contributed by atoms with E-state index in [4.69, 9.17) is 9.40 Å². The molecule has 0 aliphatic carbocycles. The molecular formula is C66H45N5O. The molecule has 72 heavy (non-hydrogen) atoms. The highest BCUT2D eigenvalue weighted by molar-refractivity contribution is 6.07. The first-order valence-electron chi connectivity index (χ1n) is 24.2. The van der Waals surface area contributed by atoms with Gasteiger partial charge in [-0.25, -0.2) is 9.36 Å². The van der Waals surface area contributed by atoms with Crippen molar-refractivity contribution in [3.8, 4) is 101 Å². The van der Waals surface area contributed by atoms with Gasteiger partial charge in [-0.3, -0.25) is 4.98 Å². The van der Waals surface area contributed by atoms with E-state index in [9.17, 15) is 0 Å². The van der Waals surface area contributed by atoms with Crippen molar-refractivity contribution in [2.24, 2.45) is 0 Å². The summed E-state index contributed by atoms with van der Waals surface area (Å²) in [6, 6.07) is 80.5. The van der Waals surface area contributed by atoms with Crippen LogP contribution in [0.25, 0.3) is 122 Å². The average Bonchev–Trinajstić information content (AvgIpc) is 4.27. The summed E-state index contributed by atoms with van der Waals surface area (Å²) in [7, 11) is 0. The van der Waals surface area contributed by atoms with Crippen molar-refractivity contribution in [1.29, 1.82) is 0 Å². The average molecular weight is 924 g/mol. The largest absolute Gasteiger partial charge is 0.456 e. The molecule has 0 bridgehead atoms. The van der Waals surface area contributed by atoms with Crippen molar-refractivity contribution in [2.75, 3.05) is 0 Å². The quantitative estimate of drug-likeness (QED) is 0.137. The van der Waals surface area contributed by atoms with Crippen molar-refractivity contribution in [3.63, 3.8) is 0 Å². The molecule has 0 aliphatic heterocycles. The second kappa shape index (κ2) is 18.0. The summed E-state index contributed by atoms with van der Waals surface area (Å²) in [4.78, 5) is 4.87. The number of para-hydroxylation sites is 1. The van der Waals surface area contributed by atoms with E-state index >= 15 is 0 Å². The van der Waals surface area contributed by atoms with Gasteiger partial charge in [0.25, 0.3) is 0 Å². The predicted molar refractivity (Wildman–Crippen MR) is 294 cm³/mol. The predicted octanol–water partition coefficient (Wildman–Crippen LogP) is 17.0. The number of pyridine rings is 1. The lowest BCUT2D eigenvalue weighted by Crippen LogP contribution is -1.95. The van der Waals surface area contributed by atoms with Crippen LogP contribution in [0.1, 0.15) is 5.56 Å². The fraction of sp³-hybridized carbons (Fsp3) is 0.0152. The molecule has 4 aromatic heterocycles. The molecule has 340 valence electrons. The number of hydrogen-bond acceptors (Lipinski definition) is 4. The van der Waals surface area contributed by atoms with Crippen LogP contribution in [0.15, 0.2) is 260 Å². The van der Waals surface area contributed by atoms with E-state index in [1.54, 1.807) is 12.4 Å². The Morgan fingerprint density at radius 1 is 0.333 bits per heavy atom. The van der Waals surface area contributed by atoms with Crippen LogP contribution in [-0.4, -0.2) is 24.5 Å². The Morgan fingerprint density at radius 3 is 1.35 bits per heavy atom. The maximum Gasteiger partial charge on any atom is 0.136 e. The highest BCUT2D eigenvalue weighted by atomic mass is 16.3. The van der Waals surface area contributed by atoms with Crippen molar-refractivity contribution >= 4 is 21.9 Å². The molecule has 6 heteroatoms. The third-order valence-corrected chi connectivity index (χ3v) is 13.7. The zero-order valence-electron chi connectivity index (χ0n) is 39.4. The minimum absolute atomic E-state index is 0.855. The fourth-order valence-corrected chi connectivity index (χ4v) is 10.2. The number of fused-ring (bicyclic) bond motifs is 3. The monoisotopic (exact) mass is 923 g/mol. The first-order valence-corrected chi connectivity index (χ1v) is 24.2. The maximum absolute atomic E-state index is 6.50. The molecule has 4 heterocycles. The van der Waals surface area contributed by atoms with Gasteiger partial charge in [0.2, 0.25) is 0 Å². The number of aryl methyl sites for hydroxylation is 1. The van der Waals surface area contributed by atoms with Crippen molar-refractivity contribution in [3.05, 3.63) is 261 Å². The van der Waals surface area contributed by atoms with Gasteiger partial charge in [0, 0.05) is 47.3 Å². The maximum atomic E-state index is 6.50. The molecule has 0 saturated heterocycles. The van der Waals surface area contributed by atoms with Crippen molar-refractivity contribution in [2.45, 2.75) is 6.92 Å². The molecule has 0 aliphatic rings. The minimum atomic E-state index is 0.855. The second-order valence-electron chi connectivity index (χ2n) is 18.2. The third kappa shape index (κ3) is 7.87. The minimum Gasteiger partial charge on any atom is -0.456 e. The Morgan fingerprint density at radius 2 is 0.806 bits per heavy atom. The summed E-state index contributed by atoms with van der Waals surface area (Å²) in [5.74, 6) is 0. The molecule has 6 nitrogen and oxygen atoms in total. The zero-order valence-corrected chi connectivity index (χ0v) is 39.4. The lowest BCUT2D eigenvalue weighted by atomic mass is 9.84. The Kier molecular flexibility index (Phi) is 10.6. The standard InChI is InChI=1S/C66H45N5O/c1-44-20-33-64(67-43-44)48-26-31-60(63(41-48)47-25-32-62-61-18-8-9-19-65(61)72-66(62)42-47)59-17-7-6-16-58(59)51-39-49(56-14-4-2-12-54(56)45-21-27-52(28-22-45)70-36-10-34-68-70)38-50(40-51)57-15-5-3-13-55(57)46-23-29-53(30-24-46)71-37-11-35-69-71/h2-43H,1H3. The van der Waals surface area contributed by atoms with Crippen LogP contribution in [0.3, 0.4) is 0 Å². The number of aromatic nitrogens is 5. The lowest BCUT2D eigenvalue weighted by molar-refractivity contribution is 0.669. The lowest BCUT2D eigenvalue weighted by Gasteiger charge is -2.19. The van der Waals surface area contributed by atoms with Crippen LogP contribution >= 0.6 is 0 Å². The van der Waals surface area contributed by atoms with Gasteiger partial charge in [-0.05, 0) is 175 Å². The molecule has 0 spiro atoms.